The van der Waals surface area contributed by atoms with Gasteiger partial charge in [-0.15, -0.1) is 0 Å². The van der Waals surface area contributed by atoms with Crippen LogP contribution in [0.3, 0.4) is 0 Å². The molecule has 2 saturated heterocycles. The molecule has 0 aliphatic carbocycles. The number of nitrogens with zero attached hydrogens (tertiary/aromatic N) is 1. The van der Waals surface area contributed by atoms with Crippen LogP contribution in [0.25, 0.3) is 6.08 Å². The number of Topliss-reactive ketones (excluding diaryl/α,β-unsaturated/α-hetero) is 1. The number of aromatic nitrogens is 1. The van der Waals surface area contributed by atoms with E-state index < -0.39 is 28.3 Å². The molecule has 2 aromatic heterocycles. The summed E-state index contributed by atoms with van der Waals surface area (Å²) < 4.78 is 23.5. The lowest BCUT2D eigenvalue weighted by Gasteiger charge is -2.49. The van der Waals surface area contributed by atoms with Gasteiger partial charge in [0.25, 0.3) is 0 Å². The summed E-state index contributed by atoms with van der Waals surface area (Å²) in [6.45, 7) is 9.80. The highest BCUT2D eigenvalue weighted by Crippen LogP contribution is 2.56. The van der Waals surface area contributed by atoms with Crippen LogP contribution in [0.4, 0.5) is 0 Å². The molecule has 0 aromatic carbocycles. The predicted molar refractivity (Wildman–Crippen MR) is 137 cm³/mol. The van der Waals surface area contributed by atoms with Crippen molar-refractivity contribution in [3.63, 3.8) is 0 Å². The fourth-order valence-electron chi connectivity index (χ4n) is 5.72. The van der Waals surface area contributed by atoms with Crippen LogP contribution in [0.15, 0.2) is 70.2 Å². The lowest BCUT2D eigenvalue weighted by molar-refractivity contribution is -0.170. The second-order valence-corrected chi connectivity index (χ2v) is 10.1. The molecule has 36 heavy (non-hydrogen) atoms. The number of carbonyl (C=O) groups is 1. The largest absolute Gasteiger partial charge is 0.496 e. The van der Waals surface area contributed by atoms with Crippen molar-refractivity contribution >= 4 is 11.9 Å². The third-order valence-electron chi connectivity index (χ3n) is 7.27. The Balaban J connectivity index is 1.50. The van der Waals surface area contributed by atoms with Crippen LogP contribution in [-0.2, 0) is 9.47 Å². The summed E-state index contributed by atoms with van der Waals surface area (Å²) in [5, 5.41) is 0. The molecule has 0 amide bonds. The van der Waals surface area contributed by atoms with Crippen molar-refractivity contribution in [1.82, 2.24) is 4.98 Å². The molecule has 2 aliphatic heterocycles. The van der Waals surface area contributed by atoms with Gasteiger partial charge >= 0.3 is 5.63 Å². The van der Waals surface area contributed by atoms with Crippen molar-refractivity contribution < 1.29 is 23.4 Å². The minimum Gasteiger partial charge on any atom is -0.496 e. The summed E-state index contributed by atoms with van der Waals surface area (Å²) in [5.41, 5.74) is -1.16. The van der Waals surface area contributed by atoms with Gasteiger partial charge in [0.15, 0.2) is 5.78 Å². The standard InChI is InChI=1S/C29H33NO6/c1-19-22(34-24(31)17-23(19)33-6)11-9-7-8-10-14-27(3)18-28(4)26(29(5,36-27)20(2)35-28)25(32)21-12-15-30-16-13-21/h7-17,20,26H,18H2,1-6H3/b8-7+,11-9+,14-10+/t20-,26+,27+,28+,29+/m1/s1. The number of pyridine rings is 1. The fraction of sp³-hybridized carbons (Fsp3) is 0.414. The normalized spacial score (nSPS) is 32.1. The third kappa shape index (κ3) is 4.73. The van der Waals surface area contributed by atoms with Crippen molar-refractivity contribution in [2.75, 3.05) is 7.11 Å². The van der Waals surface area contributed by atoms with Crippen molar-refractivity contribution in [3.05, 3.63) is 88.3 Å². The number of methoxy groups -OCH3 is 1. The van der Waals surface area contributed by atoms with Crippen LogP contribution in [0.1, 0.15) is 55.8 Å². The molecule has 2 fully saturated rings. The molecule has 5 atom stereocenters. The molecule has 2 aliphatic rings. The molecule has 0 N–H and O–H groups in total. The van der Waals surface area contributed by atoms with Gasteiger partial charge in [0.2, 0.25) is 0 Å². The molecule has 0 unspecified atom stereocenters. The van der Waals surface area contributed by atoms with E-state index in [1.165, 1.54) is 13.2 Å². The highest BCUT2D eigenvalue weighted by atomic mass is 16.6. The Morgan fingerprint density at radius 2 is 1.83 bits per heavy atom. The van der Waals surface area contributed by atoms with Crippen LogP contribution in [0, 0.1) is 12.8 Å². The maximum absolute atomic E-state index is 13.5. The molecule has 0 spiro atoms. The highest BCUT2D eigenvalue weighted by molar-refractivity contribution is 5.99. The van der Waals surface area contributed by atoms with Crippen molar-refractivity contribution in [2.24, 2.45) is 5.92 Å². The summed E-state index contributed by atoms with van der Waals surface area (Å²) in [6.07, 6.45) is 14.7. The van der Waals surface area contributed by atoms with E-state index >= 15 is 0 Å². The quantitative estimate of drug-likeness (QED) is 0.394. The average molecular weight is 492 g/mol. The maximum atomic E-state index is 13.5. The Morgan fingerprint density at radius 1 is 1.14 bits per heavy atom. The summed E-state index contributed by atoms with van der Waals surface area (Å²) in [4.78, 5) is 29.2. The Kier molecular flexibility index (Phi) is 6.90. The van der Waals surface area contributed by atoms with Crippen molar-refractivity contribution in [3.8, 4) is 5.75 Å². The molecule has 0 radical (unpaired) electrons. The van der Waals surface area contributed by atoms with E-state index in [1.54, 1.807) is 36.7 Å². The second-order valence-electron chi connectivity index (χ2n) is 10.1. The number of ketones is 1. The number of carbonyl (C=O) groups excluding carboxylic acids is 1. The van der Waals surface area contributed by atoms with Crippen molar-refractivity contribution in [2.45, 2.75) is 63.9 Å². The van der Waals surface area contributed by atoms with E-state index in [4.69, 9.17) is 18.6 Å². The Morgan fingerprint density at radius 3 is 2.50 bits per heavy atom. The summed E-state index contributed by atoms with van der Waals surface area (Å²) in [7, 11) is 1.52. The van der Waals surface area contributed by atoms with Gasteiger partial charge in [-0.05, 0) is 52.8 Å². The molecule has 2 bridgehead atoms. The SMILES string of the molecule is COc1cc(=O)oc(/C=C/C=C/C=C/[C@@]2(C)C[C@]3(C)O[C@H](C)[C@](C)(O2)[C@H]3C(=O)c2ccncc2)c1C. The Bertz CT molecular complexity index is 1280. The van der Waals surface area contributed by atoms with E-state index in [0.717, 1.165) is 5.56 Å². The molecular weight excluding hydrogens is 458 g/mol. The minimum absolute atomic E-state index is 0.0160. The lowest BCUT2D eigenvalue weighted by Crippen LogP contribution is -2.60. The smallest absolute Gasteiger partial charge is 0.339 e. The first-order chi connectivity index (χ1) is 17.0. The first kappa shape index (κ1) is 25.8. The van der Waals surface area contributed by atoms with Gasteiger partial charge in [0, 0.05) is 29.9 Å². The molecule has 4 rings (SSSR count). The van der Waals surface area contributed by atoms with Crippen molar-refractivity contribution in [1.29, 1.82) is 0 Å². The Hall–Kier alpha value is -3.29. The minimum atomic E-state index is -0.780. The van der Waals surface area contributed by atoms with Crippen LogP contribution >= 0.6 is 0 Å². The lowest BCUT2D eigenvalue weighted by atomic mass is 9.67. The molecule has 0 saturated carbocycles. The average Bonchev–Trinajstić information content (AvgIpc) is 2.96. The zero-order valence-electron chi connectivity index (χ0n) is 21.6. The van der Waals surface area contributed by atoms with Gasteiger partial charge < -0.3 is 18.6 Å². The number of fused-ring (bicyclic) bond motifs is 2. The van der Waals surface area contributed by atoms with Gasteiger partial charge in [-0.25, -0.2) is 4.79 Å². The van der Waals surface area contributed by atoms with Gasteiger partial charge in [-0.2, -0.15) is 0 Å². The monoisotopic (exact) mass is 491 g/mol. The first-order valence-electron chi connectivity index (χ1n) is 12.0. The zero-order valence-corrected chi connectivity index (χ0v) is 21.6. The van der Waals surface area contributed by atoms with Crippen LogP contribution < -0.4 is 10.4 Å². The number of hydrogen-bond donors (Lipinski definition) is 0. The molecule has 7 heteroatoms. The zero-order chi connectivity index (χ0) is 26.1. The molecular formula is C29H33NO6. The number of allylic oxidation sites excluding steroid dienone is 4. The van der Waals surface area contributed by atoms with Gasteiger partial charge in [-0.1, -0.05) is 30.4 Å². The van der Waals surface area contributed by atoms with E-state index in [9.17, 15) is 9.59 Å². The van der Waals surface area contributed by atoms with E-state index in [2.05, 4.69) is 4.98 Å². The van der Waals surface area contributed by atoms with Crippen LogP contribution in [0.2, 0.25) is 0 Å². The van der Waals surface area contributed by atoms with E-state index in [0.29, 0.717) is 23.5 Å². The van der Waals surface area contributed by atoms with E-state index in [1.807, 2.05) is 58.9 Å². The molecule has 7 nitrogen and oxygen atoms in total. The first-order valence-corrected chi connectivity index (χ1v) is 12.0. The number of ether oxygens (including phenoxy) is 3. The van der Waals surface area contributed by atoms with Crippen LogP contribution in [-0.4, -0.2) is 40.8 Å². The fourth-order valence-corrected chi connectivity index (χ4v) is 5.72. The number of hydrogen-bond acceptors (Lipinski definition) is 7. The van der Waals surface area contributed by atoms with Crippen LogP contribution in [0.5, 0.6) is 5.75 Å². The number of rotatable bonds is 7. The topological polar surface area (TPSA) is 87.9 Å². The summed E-state index contributed by atoms with van der Waals surface area (Å²) >= 11 is 0. The Labute approximate surface area is 211 Å². The highest BCUT2D eigenvalue weighted by Gasteiger charge is 2.67. The third-order valence-corrected chi connectivity index (χ3v) is 7.27. The second kappa shape index (κ2) is 9.64. The van der Waals surface area contributed by atoms with E-state index in [-0.39, 0.29) is 11.9 Å². The molecule has 4 heterocycles. The summed E-state index contributed by atoms with van der Waals surface area (Å²) in [5.74, 6) is 0.528. The van der Waals surface area contributed by atoms with Gasteiger partial charge in [-0.3, -0.25) is 9.78 Å². The molecule has 2 aromatic rings. The van der Waals surface area contributed by atoms with Gasteiger partial charge in [0.05, 0.1) is 36.4 Å². The van der Waals surface area contributed by atoms with Gasteiger partial charge in [0.1, 0.15) is 17.1 Å². The molecule has 190 valence electrons. The summed E-state index contributed by atoms with van der Waals surface area (Å²) in [6, 6.07) is 4.80. The maximum Gasteiger partial charge on any atom is 0.339 e. The predicted octanol–water partition coefficient (Wildman–Crippen LogP) is 5.09.